The number of benzene rings is 1. The molecule has 1 aromatic rings. The van der Waals surface area contributed by atoms with Crippen LogP contribution in [0.2, 0.25) is 0 Å². The number of para-hydroxylation sites is 1. The Kier molecular flexibility index (Phi) is 4.45. The van der Waals surface area contributed by atoms with Crippen molar-refractivity contribution in [1.29, 1.82) is 0 Å². The molecule has 0 spiro atoms. The number of anilines is 1. The highest BCUT2D eigenvalue weighted by molar-refractivity contribution is 5.94. The molecular formula is C12H16FNO3. The Balaban J connectivity index is 3.29. The Morgan fingerprint density at radius 3 is 2.59 bits per heavy atom. The lowest BCUT2D eigenvalue weighted by atomic mass is 10.1. The molecule has 0 saturated carbocycles. The maximum atomic E-state index is 13.8. The van der Waals surface area contributed by atoms with Crippen LogP contribution in [0.4, 0.5) is 10.1 Å². The van der Waals surface area contributed by atoms with Gasteiger partial charge in [0, 0.05) is 12.6 Å². The first kappa shape index (κ1) is 13.4. The summed E-state index contributed by atoms with van der Waals surface area (Å²) in [5, 5.41) is 18.0. The summed E-state index contributed by atoms with van der Waals surface area (Å²) < 4.78 is 13.8. The summed E-state index contributed by atoms with van der Waals surface area (Å²) in [6, 6.07) is 3.83. The average molecular weight is 241 g/mol. The number of nitrogens with zero attached hydrogens (tertiary/aromatic N) is 1. The van der Waals surface area contributed by atoms with Crippen molar-refractivity contribution < 1.29 is 19.4 Å². The zero-order chi connectivity index (χ0) is 13.0. The SMILES string of the molecule is CC(C)N(CCO)c1c(F)cccc1C(=O)O. The highest BCUT2D eigenvalue weighted by atomic mass is 19.1. The van der Waals surface area contributed by atoms with Gasteiger partial charge in [-0.2, -0.15) is 0 Å². The van der Waals surface area contributed by atoms with Gasteiger partial charge < -0.3 is 15.1 Å². The monoisotopic (exact) mass is 241 g/mol. The standard InChI is InChI=1S/C12H16FNO3/c1-8(2)14(6-7-15)11-9(12(16)17)4-3-5-10(11)13/h3-5,8,15H,6-7H2,1-2H3,(H,16,17). The first-order valence-electron chi connectivity index (χ1n) is 5.38. The summed E-state index contributed by atoms with van der Waals surface area (Å²) in [5.41, 5.74) is -0.0591. The van der Waals surface area contributed by atoms with Gasteiger partial charge in [-0.15, -0.1) is 0 Å². The zero-order valence-electron chi connectivity index (χ0n) is 9.85. The maximum absolute atomic E-state index is 13.8. The summed E-state index contributed by atoms with van der Waals surface area (Å²) in [4.78, 5) is 12.6. The molecule has 0 aromatic heterocycles. The van der Waals surface area contributed by atoms with Crippen LogP contribution in [0.1, 0.15) is 24.2 Å². The second-order valence-corrected chi connectivity index (χ2v) is 3.95. The lowest BCUT2D eigenvalue weighted by Gasteiger charge is -2.29. The zero-order valence-corrected chi connectivity index (χ0v) is 9.85. The smallest absolute Gasteiger partial charge is 0.337 e. The van der Waals surface area contributed by atoms with Crippen LogP contribution in [0.3, 0.4) is 0 Å². The minimum atomic E-state index is -1.18. The van der Waals surface area contributed by atoms with E-state index >= 15 is 0 Å². The fraction of sp³-hybridized carbons (Fsp3) is 0.417. The van der Waals surface area contributed by atoms with Crippen molar-refractivity contribution in [3.05, 3.63) is 29.6 Å². The highest BCUT2D eigenvalue weighted by Gasteiger charge is 2.21. The maximum Gasteiger partial charge on any atom is 0.337 e. The third kappa shape index (κ3) is 2.94. The number of hydrogen-bond donors (Lipinski definition) is 2. The summed E-state index contributed by atoms with van der Waals surface area (Å²) >= 11 is 0. The first-order valence-corrected chi connectivity index (χ1v) is 5.38. The van der Waals surface area contributed by atoms with E-state index in [0.717, 1.165) is 0 Å². The number of aliphatic hydroxyl groups is 1. The molecule has 0 amide bonds. The molecule has 2 N–H and O–H groups in total. The average Bonchev–Trinajstić information content (AvgIpc) is 2.25. The molecule has 5 heteroatoms. The number of hydrogen-bond acceptors (Lipinski definition) is 3. The first-order chi connectivity index (χ1) is 7.99. The van der Waals surface area contributed by atoms with Crippen LogP contribution in [0.25, 0.3) is 0 Å². The van der Waals surface area contributed by atoms with Gasteiger partial charge in [0.25, 0.3) is 0 Å². The Morgan fingerprint density at radius 2 is 2.12 bits per heavy atom. The fourth-order valence-corrected chi connectivity index (χ4v) is 1.72. The molecule has 1 aromatic carbocycles. The number of carboxylic acid groups (broad SMARTS) is 1. The van der Waals surface area contributed by atoms with E-state index in [1.54, 1.807) is 4.90 Å². The van der Waals surface area contributed by atoms with Crippen molar-refractivity contribution in [2.75, 3.05) is 18.1 Å². The van der Waals surface area contributed by atoms with E-state index in [9.17, 15) is 9.18 Å². The number of aliphatic hydroxyl groups excluding tert-OH is 1. The van der Waals surface area contributed by atoms with Gasteiger partial charge in [0.2, 0.25) is 0 Å². The third-order valence-corrected chi connectivity index (χ3v) is 2.47. The molecule has 0 bridgehead atoms. The minimum Gasteiger partial charge on any atom is -0.478 e. The van der Waals surface area contributed by atoms with Crippen molar-refractivity contribution in [3.63, 3.8) is 0 Å². The van der Waals surface area contributed by atoms with Crippen LogP contribution in [-0.2, 0) is 0 Å². The number of carboxylic acids is 1. The van der Waals surface area contributed by atoms with Crippen LogP contribution in [-0.4, -0.2) is 35.4 Å². The van der Waals surface area contributed by atoms with Crippen molar-refractivity contribution in [2.45, 2.75) is 19.9 Å². The van der Waals surface area contributed by atoms with E-state index in [-0.39, 0.29) is 30.4 Å². The summed E-state index contributed by atoms with van der Waals surface area (Å²) in [6.07, 6.45) is 0. The van der Waals surface area contributed by atoms with E-state index in [1.165, 1.54) is 18.2 Å². The van der Waals surface area contributed by atoms with Gasteiger partial charge >= 0.3 is 5.97 Å². The van der Waals surface area contributed by atoms with E-state index in [2.05, 4.69) is 0 Å². The van der Waals surface area contributed by atoms with E-state index in [4.69, 9.17) is 10.2 Å². The molecule has 4 nitrogen and oxygen atoms in total. The van der Waals surface area contributed by atoms with Crippen molar-refractivity contribution in [3.8, 4) is 0 Å². The van der Waals surface area contributed by atoms with Crippen molar-refractivity contribution in [1.82, 2.24) is 0 Å². The van der Waals surface area contributed by atoms with Gasteiger partial charge in [0.05, 0.1) is 17.9 Å². The Hall–Kier alpha value is -1.62. The number of carbonyl (C=O) groups is 1. The molecule has 17 heavy (non-hydrogen) atoms. The molecule has 0 atom stereocenters. The molecule has 0 aliphatic carbocycles. The molecule has 0 unspecified atom stereocenters. The Bertz CT molecular complexity index is 407. The Morgan fingerprint density at radius 1 is 1.47 bits per heavy atom. The second-order valence-electron chi connectivity index (χ2n) is 3.95. The highest BCUT2D eigenvalue weighted by Crippen LogP contribution is 2.26. The summed E-state index contributed by atoms with van der Waals surface area (Å²) in [6.45, 7) is 3.66. The van der Waals surface area contributed by atoms with Gasteiger partial charge in [0.15, 0.2) is 0 Å². The minimum absolute atomic E-state index is 0.0315. The van der Waals surface area contributed by atoms with Crippen LogP contribution in [0.5, 0.6) is 0 Å². The van der Waals surface area contributed by atoms with Gasteiger partial charge in [-0.25, -0.2) is 9.18 Å². The van der Waals surface area contributed by atoms with Gasteiger partial charge in [0.1, 0.15) is 5.82 Å². The normalized spacial score (nSPS) is 10.6. The van der Waals surface area contributed by atoms with Crippen molar-refractivity contribution in [2.24, 2.45) is 0 Å². The van der Waals surface area contributed by atoms with Crippen LogP contribution >= 0.6 is 0 Å². The molecule has 1 rings (SSSR count). The molecule has 0 saturated heterocycles. The van der Waals surface area contributed by atoms with E-state index in [1.807, 2.05) is 13.8 Å². The Labute approximate surface area is 99.3 Å². The summed E-state index contributed by atoms with van der Waals surface area (Å²) in [7, 11) is 0. The van der Waals surface area contributed by atoms with Crippen LogP contribution < -0.4 is 4.90 Å². The van der Waals surface area contributed by atoms with Gasteiger partial charge in [-0.3, -0.25) is 0 Å². The molecule has 0 radical (unpaired) electrons. The lowest BCUT2D eigenvalue weighted by molar-refractivity contribution is 0.0697. The molecule has 0 fully saturated rings. The molecular weight excluding hydrogens is 225 g/mol. The topological polar surface area (TPSA) is 60.8 Å². The molecule has 0 aliphatic rings. The quantitative estimate of drug-likeness (QED) is 0.824. The van der Waals surface area contributed by atoms with Crippen LogP contribution in [0, 0.1) is 5.82 Å². The number of rotatable bonds is 5. The van der Waals surface area contributed by atoms with Crippen LogP contribution in [0.15, 0.2) is 18.2 Å². The predicted octanol–water partition coefficient (Wildman–Crippen LogP) is 1.73. The van der Waals surface area contributed by atoms with E-state index in [0.29, 0.717) is 0 Å². The van der Waals surface area contributed by atoms with E-state index < -0.39 is 11.8 Å². The molecule has 0 heterocycles. The third-order valence-electron chi connectivity index (χ3n) is 2.47. The predicted molar refractivity (Wildman–Crippen MR) is 62.9 cm³/mol. The largest absolute Gasteiger partial charge is 0.478 e. The molecule has 0 aliphatic heterocycles. The fourth-order valence-electron chi connectivity index (χ4n) is 1.72. The summed E-state index contributed by atoms with van der Waals surface area (Å²) in [5.74, 6) is -1.77. The van der Waals surface area contributed by atoms with Crippen molar-refractivity contribution >= 4 is 11.7 Å². The number of halogens is 1. The number of aromatic carboxylic acids is 1. The molecule has 94 valence electrons. The second kappa shape index (κ2) is 5.63. The van der Waals surface area contributed by atoms with Gasteiger partial charge in [-0.1, -0.05) is 6.07 Å². The van der Waals surface area contributed by atoms with Gasteiger partial charge in [-0.05, 0) is 26.0 Å². The lowest BCUT2D eigenvalue weighted by Crippen LogP contribution is -2.35.